The van der Waals surface area contributed by atoms with Gasteiger partial charge in [0.15, 0.2) is 5.78 Å². The highest BCUT2D eigenvalue weighted by molar-refractivity contribution is 6.04. The molecule has 3 aromatic rings. The lowest BCUT2D eigenvalue weighted by molar-refractivity contribution is -0.194. The number of nitrogens with zero attached hydrogens (tertiary/aromatic N) is 1. The van der Waals surface area contributed by atoms with Gasteiger partial charge in [0.25, 0.3) is 0 Å². The second-order valence-electron chi connectivity index (χ2n) is 9.91. The summed E-state index contributed by atoms with van der Waals surface area (Å²) < 4.78 is 32.1. The van der Waals surface area contributed by atoms with Crippen LogP contribution >= 0.6 is 0 Å². The van der Waals surface area contributed by atoms with Crippen molar-refractivity contribution in [1.29, 1.82) is 0 Å². The number of hydrogen-bond donors (Lipinski definition) is 2. The first-order chi connectivity index (χ1) is 18.7. The normalized spacial score (nSPS) is 24.9. The van der Waals surface area contributed by atoms with Crippen LogP contribution in [0.25, 0.3) is 0 Å². The molecule has 2 aliphatic heterocycles. The summed E-state index contributed by atoms with van der Waals surface area (Å²) in [5.74, 6) is -2.45. The van der Waals surface area contributed by atoms with Gasteiger partial charge in [0.1, 0.15) is 17.7 Å². The van der Waals surface area contributed by atoms with E-state index in [1.165, 1.54) is 48.5 Å². The minimum atomic E-state index is -1.65. The minimum Gasteiger partial charge on any atom is -0.385 e. The number of benzene rings is 3. The molecule has 5 atom stereocenters. The first kappa shape index (κ1) is 26.8. The molecule has 39 heavy (non-hydrogen) atoms. The van der Waals surface area contributed by atoms with Gasteiger partial charge in [-0.25, -0.2) is 8.78 Å². The van der Waals surface area contributed by atoms with Crippen LogP contribution in [0.3, 0.4) is 0 Å². The summed E-state index contributed by atoms with van der Waals surface area (Å²) in [4.78, 5) is 39.1. The van der Waals surface area contributed by atoms with Gasteiger partial charge in [0, 0.05) is 24.1 Å². The molecule has 7 nitrogen and oxygen atoms in total. The van der Waals surface area contributed by atoms with E-state index in [-0.39, 0.29) is 30.6 Å². The number of halogens is 2. The monoisotopic (exact) mass is 535 g/mol. The second kappa shape index (κ2) is 11.1. The van der Waals surface area contributed by atoms with E-state index < -0.39 is 41.8 Å². The van der Waals surface area contributed by atoms with Crippen molar-refractivity contribution in [3.63, 3.8) is 0 Å². The van der Waals surface area contributed by atoms with Gasteiger partial charge in [-0.2, -0.15) is 0 Å². The van der Waals surface area contributed by atoms with Crippen molar-refractivity contribution in [3.05, 3.63) is 101 Å². The Bertz CT molecular complexity index is 1350. The maximum atomic E-state index is 13.5. The van der Waals surface area contributed by atoms with E-state index in [9.17, 15) is 33.4 Å². The Hall–Kier alpha value is -3.79. The lowest BCUT2D eigenvalue weighted by atomic mass is 9.78. The lowest BCUT2D eigenvalue weighted by Crippen LogP contribution is -2.55. The van der Waals surface area contributed by atoms with Gasteiger partial charge in [-0.3, -0.25) is 14.4 Å². The average molecular weight is 536 g/mol. The minimum absolute atomic E-state index is 0.0806. The quantitative estimate of drug-likeness (QED) is 0.335. The summed E-state index contributed by atoms with van der Waals surface area (Å²) in [7, 11) is 0. The Morgan fingerprint density at radius 3 is 2.13 bits per heavy atom. The van der Waals surface area contributed by atoms with Gasteiger partial charge in [-0.1, -0.05) is 24.3 Å². The van der Waals surface area contributed by atoms with E-state index in [4.69, 9.17) is 4.74 Å². The molecule has 2 fully saturated rings. The molecule has 9 heteroatoms. The Morgan fingerprint density at radius 1 is 0.897 bits per heavy atom. The van der Waals surface area contributed by atoms with Crippen LogP contribution in [0.2, 0.25) is 0 Å². The third kappa shape index (κ3) is 5.66. The highest BCUT2D eigenvalue weighted by Gasteiger charge is 2.48. The van der Waals surface area contributed by atoms with Crippen molar-refractivity contribution in [2.75, 3.05) is 4.90 Å². The molecule has 0 saturated carbocycles. The molecule has 2 saturated heterocycles. The number of rotatable bonds is 8. The number of carbonyl (C=O) groups is 3. The fraction of sp³-hybridized carbons (Fsp3) is 0.300. The molecular weight excluding hydrogens is 508 g/mol. The van der Waals surface area contributed by atoms with Gasteiger partial charge >= 0.3 is 0 Å². The Morgan fingerprint density at radius 2 is 1.51 bits per heavy atom. The summed E-state index contributed by atoms with van der Waals surface area (Å²) >= 11 is 0. The third-order valence-corrected chi connectivity index (χ3v) is 7.33. The van der Waals surface area contributed by atoms with Crippen molar-refractivity contribution in [3.8, 4) is 0 Å². The standard InChI is InChI=1S/C30H27F2NO6/c31-20-7-5-18(6-8-20)25(34)14-13-24-27(33(29(24)37)22-11-9-21(32)10-12-22)19-3-1-17(2-4-19)15-23-16-26(35)28(36)30(38)39-23/h1-12,23-24,26-27,30,35,38H,13-16H2/t23-,24+,26+,27+,30-/m0/s1. The number of ketones is 2. The van der Waals surface area contributed by atoms with Gasteiger partial charge in [-0.05, 0) is 72.5 Å². The van der Waals surface area contributed by atoms with E-state index >= 15 is 0 Å². The van der Waals surface area contributed by atoms with E-state index in [0.29, 0.717) is 24.1 Å². The van der Waals surface area contributed by atoms with Gasteiger partial charge in [0.05, 0.1) is 18.1 Å². The van der Waals surface area contributed by atoms with Crippen molar-refractivity contribution < 1.29 is 38.1 Å². The third-order valence-electron chi connectivity index (χ3n) is 7.33. The SMILES string of the molecule is O=C(CC[C@H]1C(=O)N(c2ccc(F)cc2)[C@@H]1c1ccc(C[C@H]2C[C@@H](O)C(=O)[C@@H](O)O2)cc1)c1ccc(F)cc1. The molecular formula is C30H27F2NO6. The molecule has 0 spiro atoms. The summed E-state index contributed by atoms with van der Waals surface area (Å²) in [6.45, 7) is 0. The number of ether oxygens (including phenoxy) is 1. The zero-order chi connectivity index (χ0) is 27.7. The number of hydrogen-bond acceptors (Lipinski definition) is 6. The first-order valence-corrected chi connectivity index (χ1v) is 12.7. The number of β-lactam (4-membered cyclic amide) rings is 1. The van der Waals surface area contributed by atoms with Crippen LogP contribution in [0.1, 0.15) is 46.8 Å². The fourth-order valence-electron chi connectivity index (χ4n) is 5.25. The highest BCUT2D eigenvalue weighted by Crippen LogP contribution is 2.45. The first-order valence-electron chi connectivity index (χ1n) is 12.7. The smallest absolute Gasteiger partial charge is 0.233 e. The predicted octanol–water partition coefficient (Wildman–Crippen LogP) is 3.91. The fourth-order valence-corrected chi connectivity index (χ4v) is 5.25. The second-order valence-corrected chi connectivity index (χ2v) is 9.91. The Kier molecular flexibility index (Phi) is 7.65. The summed E-state index contributed by atoms with van der Waals surface area (Å²) in [6, 6.07) is 18.0. The number of anilines is 1. The average Bonchev–Trinajstić information content (AvgIpc) is 2.92. The Labute approximate surface area is 223 Å². The number of carbonyl (C=O) groups excluding carboxylic acids is 3. The van der Waals surface area contributed by atoms with Crippen molar-refractivity contribution in [2.24, 2.45) is 5.92 Å². The lowest BCUT2D eigenvalue weighted by Gasteiger charge is -2.47. The largest absolute Gasteiger partial charge is 0.385 e. The van der Waals surface area contributed by atoms with E-state index in [0.717, 1.165) is 11.1 Å². The van der Waals surface area contributed by atoms with Gasteiger partial charge < -0.3 is 19.8 Å². The van der Waals surface area contributed by atoms with Crippen LogP contribution in [0.4, 0.5) is 14.5 Å². The molecule has 3 aromatic carbocycles. The van der Waals surface area contributed by atoms with Gasteiger partial charge in [-0.15, -0.1) is 0 Å². The van der Waals surface area contributed by atoms with Crippen LogP contribution in [0.15, 0.2) is 72.8 Å². The number of Topliss-reactive ketones (excluding diaryl/α,β-unsaturated/α-hetero) is 2. The molecule has 5 rings (SSSR count). The molecule has 0 radical (unpaired) electrons. The molecule has 0 bridgehead atoms. The summed E-state index contributed by atoms with van der Waals surface area (Å²) in [6.07, 6.45) is -2.62. The molecule has 202 valence electrons. The zero-order valence-corrected chi connectivity index (χ0v) is 20.9. The highest BCUT2D eigenvalue weighted by atomic mass is 19.1. The number of aliphatic hydroxyl groups excluding tert-OH is 2. The molecule has 2 heterocycles. The predicted molar refractivity (Wildman–Crippen MR) is 137 cm³/mol. The van der Waals surface area contributed by atoms with Crippen molar-refractivity contribution in [1.82, 2.24) is 0 Å². The molecule has 1 amide bonds. The van der Waals surface area contributed by atoms with Gasteiger partial charge in [0.2, 0.25) is 18.0 Å². The number of aliphatic hydroxyl groups is 2. The van der Waals surface area contributed by atoms with Crippen LogP contribution in [0, 0.1) is 17.6 Å². The van der Waals surface area contributed by atoms with Crippen molar-refractivity contribution >= 4 is 23.2 Å². The van der Waals surface area contributed by atoms with Crippen LogP contribution in [0.5, 0.6) is 0 Å². The summed E-state index contributed by atoms with van der Waals surface area (Å²) in [5, 5.41) is 19.5. The topological polar surface area (TPSA) is 104 Å². The molecule has 2 aliphatic rings. The molecule has 2 N–H and O–H groups in total. The van der Waals surface area contributed by atoms with E-state index in [2.05, 4.69) is 0 Å². The van der Waals surface area contributed by atoms with Crippen LogP contribution < -0.4 is 4.90 Å². The maximum absolute atomic E-state index is 13.5. The Balaban J connectivity index is 1.33. The van der Waals surface area contributed by atoms with Crippen LogP contribution in [-0.2, 0) is 20.7 Å². The number of amides is 1. The molecule has 0 aromatic heterocycles. The van der Waals surface area contributed by atoms with E-state index in [1.54, 1.807) is 4.90 Å². The zero-order valence-electron chi connectivity index (χ0n) is 20.9. The van der Waals surface area contributed by atoms with Crippen LogP contribution in [-0.4, -0.2) is 46.2 Å². The maximum Gasteiger partial charge on any atom is 0.233 e. The molecule has 0 aliphatic carbocycles. The summed E-state index contributed by atoms with van der Waals surface area (Å²) in [5.41, 5.74) is 2.59. The molecule has 0 unspecified atom stereocenters. The van der Waals surface area contributed by atoms with E-state index in [1.807, 2.05) is 24.3 Å². The van der Waals surface area contributed by atoms with Crippen molar-refractivity contribution in [2.45, 2.75) is 50.2 Å².